The molecular formula is C13H15F3O3. The molecule has 0 amide bonds. The third kappa shape index (κ3) is 3.19. The van der Waals surface area contributed by atoms with E-state index in [9.17, 15) is 18.0 Å². The van der Waals surface area contributed by atoms with Crippen LogP contribution in [-0.2, 0) is 11.0 Å². The fourth-order valence-electron chi connectivity index (χ4n) is 1.95. The molecule has 0 aliphatic carbocycles. The second-order valence-electron chi connectivity index (χ2n) is 4.06. The van der Waals surface area contributed by atoms with Gasteiger partial charge < -0.3 is 14.3 Å². The van der Waals surface area contributed by atoms with Crippen LogP contribution in [0.1, 0.15) is 30.4 Å². The smallest absolute Gasteiger partial charge is 0.416 e. The fourth-order valence-corrected chi connectivity index (χ4v) is 1.95. The first-order chi connectivity index (χ1) is 8.86. The van der Waals surface area contributed by atoms with Crippen LogP contribution in [0.3, 0.4) is 0 Å². The Bertz CT molecular complexity index is 455. The highest BCUT2D eigenvalue weighted by Gasteiger charge is 2.37. The van der Waals surface area contributed by atoms with Crippen molar-refractivity contribution in [1.29, 1.82) is 0 Å². The summed E-state index contributed by atoms with van der Waals surface area (Å²) in [5, 5.41) is 0. The molecule has 0 bridgehead atoms. The van der Waals surface area contributed by atoms with Crippen molar-refractivity contribution in [2.24, 2.45) is 0 Å². The number of ether oxygens (including phenoxy) is 2. The maximum Gasteiger partial charge on any atom is 0.416 e. The van der Waals surface area contributed by atoms with E-state index in [1.165, 1.54) is 20.3 Å². The average Bonchev–Trinajstić information content (AvgIpc) is 2.35. The van der Waals surface area contributed by atoms with Gasteiger partial charge >= 0.3 is 6.18 Å². The van der Waals surface area contributed by atoms with E-state index in [1.807, 2.05) is 0 Å². The van der Waals surface area contributed by atoms with Gasteiger partial charge in [0.05, 0.1) is 19.8 Å². The van der Waals surface area contributed by atoms with E-state index in [0.717, 1.165) is 6.07 Å². The second kappa shape index (κ2) is 5.95. The predicted octanol–water partition coefficient (Wildman–Crippen LogP) is 3.42. The molecule has 6 heteroatoms. The Hall–Kier alpha value is -1.72. The number of hydrogen-bond acceptors (Lipinski definition) is 3. The maximum absolute atomic E-state index is 13.0. The number of carbonyl (C=O) groups excluding carboxylic acids is 1. The number of rotatable bonds is 5. The van der Waals surface area contributed by atoms with Gasteiger partial charge in [-0.25, -0.2) is 0 Å². The van der Waals surface area contributed by atoms with Crippen molar-refractivity contribution in [3.63, 3.8) is 0 Å². The summed E-state index contributed by atoms with van der Waals surface area (Å²) in [6, 6.07) is 2.15. The van der Waals surface area contributed by atoms with Gasteiger partial charge in [0.2, 0.25) is 0 Å². The molecule has 0 saturated carbocycles. The van der Waals surface area contributed by atoms with E-state index in [4.69, 9.17) is 9.47 Å². The first-order valence-electron chi connectivity index (χ1n) is 5.62. The highest BCUT2D eigenvalue weighted by Crippen LogP contribution is 2.44. The number of halogens is 3. The van der Waals surface area contributed by atoms with Gasteiger partial charge in [-0.15, -0.1) is 0 Å². The summed E-state index contributed by atoms with van der Waals surface area (Å²) in [5.41, 5.74) is -0.860. The van der Waals surface area contributed by atoms with Gasteiger partial charge in [-0.3, -0.25) is 0 Å². The number of methoxy groups -OCH3 is 2. The average molecular weight is 276 g/mol. The van der Waals surface area contributed by atoms with Crippen LogP contribution in [0.4, 0.5) is 13.2 Å². The quantitative estimate of drug-likeness (QED) is 0.773. The molecule has 0 fully saturated rings. The Morgan fingerprint density at radius 3 is 2.32 bits per heavy atom. The summed E-state index contributed by atoms with van der Waals surface area (Å²) in [6.07, 6.45) is -3.94. The Kier molecular flexibility index (Phi) is 4.80. The molecule has 0 spiro atoms. The standard InChI is InChI=1S/C13H15F3O3/c1-8(6-7-17)11-9(13(14,15)16)4-5-10(18-2)12(11)19-3/h4-5,7-8H,6H2,1-3H3. The van der Waals surface area contributed by atoms with E-state index in [2.05, 4.69) is 0 Å². The Morgan fingerprint density at radius 1 is 1.26 bits per heavy atom. The molecule has 0 aliphatic heterocycles. The second-order valence-corrected chi connectivity index (χ2v) is 4.06. The molecule has 1 rings (SSSR count). The lowest BCUT2D eigenvalue weighted by Gasteiger charge is -2.21. The zero-order valence-corrected chi connectivity index (χ0v) is 10.9. The fraction of sp³-hybridized carbons (Fsp3) is 0.462. The molecule has 106 valence electrons. The Labute approximate surface area is 109 Å². The molecule has 0 radical (unpaired) electrons. The number of benzene rings is 1. The van der Waals surface area contributed by atoms with Crippen LogP contribution in [0.15, 0.2) is 12.1 Å². The van der Waals surface area contributed by atoms with Crippen molar-refractivity contribution < 1.29 is 27.4 Å². The highest BCUT2D eigenvalue weighted by atomic mass is 19.4. The number of carbonyl (C=O) groups is 1. The van der Waals surface area contributed by atoms with Gasteiger partial charge in [0, 0.05) is 12.0 Å². The zero-order valence-electron chi connectivity index (χ0n) is 10.9. The van der Waals surface area contributed by atoms with Crippen LogP contribution in [0.2, 0.25) is 0 Å². The molecule has 0 heterocycles. The minimum atomic E-state index is -4.51. The molecule has 0 N–H and O–H groups in total. The lowest BCUT2D eigenvalue weighted by Crippen LogP contribution is -2.13. The normalized spacial score (nSPS) is 12.9. The summed E-state index contributed by atoms with van der Waals surface area (Å²) >= 11 is 0. The lowest BCUT2D eigenvalue weighted by molar-refractivity contribution is -0.138. The molecule has 0 aliphatic rings. The van der Waals surface area contributed by atoms with Gasteiger partial charge in [0.15, 0.2) is 11.5 Å². The van der Waals surface area contributed by atoms with Crippen molar-refractivity contribution in [2.45, 2.75) is 25.4 Å². The van der Waals surface area contributed by atoms with E-state index in [0.29, 0.717) is 6.29 Å². The van der Waals surface area contributed by atoms with Gasteiger partial charge in [-0.05, 0) is 18.1 Å². The minimum Gasteiger partial charge on any atom is -0.493 e. The Balaban J connectivity index is 3.53. The lowest BCUT2D eigenvalue weighted by atomic mass is 9.91. The van der Waals surface area contributed by atoms with E-state index in [-0.39, 0.29) is 23.5 Å². The first kappa shape index (κ1) is 15.3. The minimum absolute atomic E-state index is 0.0201. The van der Waals surface area contributed by atoms with E-state index < -0.39 is 17.7 Å². The van der Waals surface area contributed by atoms with Crippen LogP contribution >= 0.6 is 0 Å². The van der Waals surface area contributed by atoms with E-state index in [1.54, 1.807) is 6.92 Å². The van der Waals surface area contributed by atoms with Crippen molar-refractivity contribution in [2.75, 3.05) is 14.2 Å². The molecule has 3 nitrogen and oxygen atoms in total. The van der Waals surface area contributed by atoms with Gasteiger partial charge in [-0.1, -0.05) is 6.92 Å². The van der Waals surface area contributed by atoms with Crippen molar-refractivity contribution in [1.82, 2.24) is 0 Å². The topological polar surface area (TPSA) is 35.5 Å². The number of hydrogen-bond donors (Lipinski definition) is 0. The van der Waals surface area contributed by atoms with Crippen molar-refractivity contribution >= 4 is 6.29 Å². The van der Waals surface area contributed by atoms with Crippen LogP contribution in [0.25, 0.3) is 0 Å². The molecule has 1 unspecified atom stereocenters. The zero-order chi connectivity index (χ0) is 14.6. The molecule has 1 aromatic rings. The van der Waals surface area contributed by atoms with Crippen LogP contribution < -0.4 is 9.47 Å². The molecule has 0 saturated heterocycles. The summed E-state index contributed by atoms with van der Waals surface area (Å²) in [5.74, 6) is -0.380. The van der Waals surface area contributed by atoms with Crippen LogP contribution in [-0.4, -0.2) is 20.5 Å². The maximum atomic E-state index is 13.0. The largest absolute Gasteiger partial charge is 0.493 e. The van der Waals surface area contributed by atoms with Crippen molar-refractivity contribution in [3.8, 4) is 11.5 Å². The van der Waals surface area contributed by atoms with Gasteiger partial charge in [0.25, 0.3) is 0 Å². The van der Waals surface area contributed by atoms with Crippen LogP contribution in [0.5, 0.6) is 11.5 Å². The monoisotopic (exact) mass is 276 g/mol. The van der Waals surface area contributed by atoms with Gasteiger partial charge in [-0.2, -0.15) is 13.2 Å². The number of aldehydes is 1. The molecule has 1 aromatic carbocycles. The summed E-state index contributed by atoms with van der Waals surface area (Å²) < 4.78 is 49.1. The van der Waals surface area contributed by atoms with Crippen LogP contribution in [0, 0.1) is 0 Å². The summed E-state index contributed by atoms with van der Waals surface area (Å²) in [4.78, 5) is 10.6. The molecule has 1 atom stereocenters. The first-order valence-corrected chi connectivity index (χ1v) is 5.62. The summed E-state index contributed by atoms with van der Waals surface area (Å²) in [6.45, 7) is 1.54. The van der Waals surface area contributed by atoms with E-state index >= 15 is 0 Å². The molecule has 0 aromatic heterocycles. The summed E-state index contributed by atoms with van der Waals surface area (Å²) in [7, 11) is 2.62. The third-order valence-electron chi connectivity index (χ3n) is 2.83. The van der Waals surface area contributed by atoms with Gasteiger partial charge in [0.1, 0.15) is 6.29 Å². The highest BCUT2D eigenvalue weighted by molar-refractivity contribution is 5.57. The SMILES string of the molecule is COc1ccc(C(F)(F)F)c(C(C)CC=O)c1OC. The van der Waals surface area contributed by atoms with Crippen molar-refractivity contribution in [3.05, 3.63) is 23.3 Å². The molecular weight excluding hydrogens is 261 g/mol. The number of alkyl halides is 3. The Morgan fingerprint density at radius 2 is 1.89 bits per heavy atom. The third-order valence-corrected chi connectivity index (χ3v) is 2.83. The predicted molar refractivity (Wildman–Crippen MR) is 63.6 cm³/mol. The molecule has 19 heavy (non-hydrogen) atoms.